The fourth-order valence-electron chi connectivity index (χ4n) is 2.37. The summed E-state index contributed by atoms with van der Waals surface area (Å²) in [4.78, 5) is 9.22. The SMILES string of the molecule is CN1CCC(N(C)c2ccnc(C(N)=S)c2)CC1. The van der Waals surface area contributed by atoms with Gasteiger partial charge in [-0.05, 0) is 45.1 Å². The molecule has 0 radical (unpaired) electrons. The molecule has 1 aliphatic rings. The number of hydrogen-bond acceptors (Lipinski definition) is 4. The number of likely N-dealkylation sites (tertiary alicyclic amines) is 1. The molecular formula is C13H20N4S. The quantitative estimate of drug-likeness (QED) is 0.832. The third-order valence-electron chi connectivity index (χ3n) is 3.64. The van der Waals surface area contributed by atoms with Crippen molar-refractivity contribution < 1.29 is 0 Å². The van der Waals surface area contributed by atoms with Crippen molar-refractivity contribution >= 4 is 22.9 Å². The van der Waals surface area contributed by atoms with Gasteiger partial charge in [-0.2, -0.15) is 0 Å². The smallest absolute Gasteiger partial charge is 0.122 e. The zero-order valence-electron chi connectivity index (χ0n) is 11.0. The van der Waals surface area contributed by atoms with Crippen LogP contribution in [0, 0.1) is 0 Å². The van der Waals surface area contributed by atoms with E-state index in [0.717, 1.165) is 18.8 Å². The number of aromatic nitrogens is 1. The van der Waals surface area contributed by atoms with E-state index >= 15 is 0 Å². The Morgan fingerprint density at radius 2 is 2.17 bits per heavy atom. The van der Waals surface area contributed by atoms with E-state index < -0.39 is 0 Å². The van der Waals surface area contributed by atoms with E-state index in [-0.39, 0.29) is 0 Å². The van der Waals surface area contributed by atoms with Crippen molar-refractivity contribution in [3.05, 3.63) is 24.0 Å². The normalized spacial score (nSPS) is 17.7. The molecule has 2 rings (SSSR count). The molecule has 1 aliphatic heterocycles. The summed E-state index contributed by atoms with van der Waals surface area (Å²) in [6.45, 7) is 2.31. The number of rotatable bonds is 3. The Balaban J connectivity index is 2.10. The van der Waals surface area contributed by atoms with Crippen LogP contribution in [0.2, 0.25) is 0 Å². The van der Waals surface area contributed by atoms with Gasteiger partial charge in [0.2, 0.25) is 0 Å². The van der Waals surface area contributed by atoms with Crippen molar-refractivity contribution in [2.45, 2.75) is 18.9 Å². The van der Waals surface area contributed by atoms with Gasteiger partial charge in [0.15, 0.2) is 0 Å². The monoisotopic (exact) mass is 264 g/mol. The number of hydrogen-bond donors (Lipinski definition) is 1. The molecule has 1 aromatic rings. The minimum Gasteiger partial charge on any atom is -0.388 e. The lowest BCUT2D eigenvalue weighted by atomic mass is 10.0. The average molecular weight is 264 g/mol. The van der Waals surface area contributed by atoms with Crippen LogP contribution in [0.1, 0.15) is 18.5 Å². The van der Waals surface area contributed by atoms with Gasteiger partial charge in [0.05, 0.1) is 5.69 Å². The first-order valence-corrected chi connectivity index (χ1v) is 6.66. The number of anilines is 1. The van der Waals surface area contributed by atoms with Crippen LogP contribution < -0.4 is 10.6 Å². The Bertz CT molecular complexity index is 427. The predicted octanol–water partition coefficient (Wildman–Crippen LogP) is 1.25. The molecule has 0 aromatic carbocycles. The topological polar surface area (TPSA) is 45.4 Å². The first-order valence-electron chi connectivity index (χ1n) is 6.25. The third-order valence-corrected chi connectivity index (χ3v) is 3.85. The van der Waals surface area contributed by atoms with Gasteiger partial charge in [0, 0.05) is 25.0 Å². The van der Waals surface area contributed by atoms with Gasteiger partial charge < -0.3 is 15.5 Å². The molecule has 4 nitrogen and oxygen atoms in total. The van der Waals surface area contributed by atoms with Gasteiger partial charge in [-0.15, -0.1) is 0 Å². The van der Waals surface area contributed by atoms with Crippen molar-refractivity contribution in [3.8, 4) is 0 Å². The molecule has 0 unspecified atom stereocenters. The second-order valence-corrected chi connectivity index (χ2v) is 5.35. The number of thiocarbonyl (C=S) groups is 1. The molecule has 0 aliphatic carbocycles. The highest BCUT2D eigenvalue weighted by Gasteiger charge is 2.21. The number of nitrogens with two attached hydrogens (primary N) is 1. The Hall–Kier alpha value is -1.20. The highest BCUT2D eigenvalue weighted by atomic mass is 32.1. The minimum atomic E-state index is 0.355. The van der Waals surface area contributed by atoms with E-state index in [2.05, 4.69) is 28.9 Å². The van der Waals surface area contributed by atoms with E-state index in [9.17, 15) is 0 Å². The van der Waals surface area contributed by atoms with Gasteiger partial charge in [-0.1, -0.05) is 12.2 Å². The van der Waals surface area contributed by atoms with Crippen LogP contribution in [0.3, 0.4) is 0 Å². The molecule has 0 spiro atoms. The molecular weight excluding hydrogens is 244 g/mol. The lowest BCUT2D eigenvalue weighted by molar-refractivity contribution is 0.253. The molecule has 5 heteroatoms. The van der Waals surface area contributed by atoms with E-state index in [1.807, 2.05) is 12.1 Å². The molecule has 1 fully saturated rings. The summed E-state index contributed by atoms with van der Waals surface area (Å²) in [6.07, 6.45) is 4.16. The summed E-state index contributed by atoms with van der Waals surface area (Å²) < 4.78 is 0. The highest BCUT2D eigenvalue weighted by molar-refractivity contribution is 7.80. The molecule has 18 heavy (non-hydrogen) atoms. The molecule has 2 heterocycles. The lowest BCUT2D eigenvalue weighted by Crippen LogP contribution is -2.42. The Morgan fingerprint density at radius 1 is 1.50 bits per heavy atom. The lowest BCUT2D eigenvalue weighted by Gasteiger charge is -2.36. The van der Waals surface area contributed by atoms with Crippen LogP contribution in [-0.4, -0.2) is 48.1 Å². The molecule has 0 saturated carbocycles. The molecule has 1 saturated heterocycles. The molecule has 98 valence electrons. The highest BCUT2D eigenvalue weighted by Crippen LogP contribution is 2.21. The first-order chi connectivity index (χ1) is 8.58. The molecule has 0 amide bonds. The zero-order chi connectivity index (χ0) is 13.1. The second kappa shape index (κ2) is 5.63. The van der Waals surface area contributed by atoms with Crippen molar-refractivity contribution in [2.24, 2.45) is 5.73 Å². The van der Waals surface area contributed by atoms with Gasteiger partial charge in [-0.25, -0.2) is 0 Å². The Kier molecular flexibility index (Phi) is 4.14. The van der Waals surface area contributed by atoms with E-state index in [0.29, 0.717) is 16.7 Å². The summed E-state index contributed by atoms with van der Waals surface area (Å²) in [5, 5.41) is 0. The first kappa shape index (κ1) is 13.2. The third kappa shape index (κ3) is 2.97. The second-order valence-electron chi connectivity index (χ2n) is 4.91. The molecule has 2 N–H and O–H groups in total. The Labute approximate surface area is 114 Å². The largest absolute Gasteiger partial charge is 0.388 e. The van der Waals surface area contributed by atoms with Crippen LogP contribution in [0.5, 0.6) is 0 Å². The summed E-state index contributed by atoms with van der Waals surface area (Å²) in [7, 11) is 4.31. The summed E-state index contributed by atoms with van der Waals surface area (Å²) in [5.41, 5.74) is 7.46. The maximum Gasteiger partial charge on any atom is 0.122 e. The molecule has 0 bridgehead atoms. The number of pyridine rings is 1. The fourth-order valence-corrected chi connectivity index (χ4v) is 2.48. The van der Waals surface area contributed by atoms with Gasteiger partial charge >= 0.3 is 0 Å². The van der Waals surface area contributed by atoms with Gasteiger partial charge in [-0.3, -0.25) is 4.98 Å². The van der Waals surface area contributed by atoms with E-state index in [4.69, 9.17) is 18.0 Å². The number of nitrogens with zero attached hydrogens (tertiary/aromatic N) is 3. The standard InChI is InChI=1S/C13H20N4S/c1-16-7-4-10(5-8-16)17(2)11-3-6-15-12(9-11)13(14)18/h3,6,9-10H,4-5,7-8H2,1-2H3,(H2,14,18). The summed E-state index contributed by atoms with van der Waals surface area (Å²) >= 11 is 4.97. The Morgan fingerprint density at radius 3 is 2.78 bits per heavy atom. The van der Waals surface area contributed by atoms with E-state index in [1.165, 1.54) is 12.8 Å². The maximum atomic E-state index is 5.62. The maximum absolute atomic E-state index is 5.62. The van der Waals surface area contributed by atoms with Crippen molar-refractivity contribution in [1.29, 1.82) is 0 Å². The van der Waals surface area contributed by atoms with E-state index in [1.54, 1.807) is 6.20 Å². The fraction of sp³-hybridized carbons (Fsp3) is 0.538. The van der Waals surface area contributed by atoms with Crippen LogP contribution in [0.4, 0.5) is 5.69 Å². The molecule has 1 aromatic heterocycles. The van der Waals surface area contributed by atoms with Crippen LogP contribution in [0.25, 0.3) is 0 Å². The zero-order valence-corrected chi connectivity index (χ0v) is 11.8. The summed E-state index contributed by atoms with van der Waals surface area (Å²) in [6, 6.07) is 4.57. The van der Waals surface area contributed by atoms with Crippen LogP contribution in [-0.2, 0) is 0 Å². The molecule has 0 atom stereocenters. The van der Waals surface area contributed by atoms with Gasteiger partial charge in [0.1, 0.15) is 4.99 Å². The van der Waals surface area contributed by atoms with Gasteiger partial charge in [0.25, 0.3) is 0 Å². The summed E-state index contributed by atoms with van der Waals surface area (Å²) in [5.74, 6) is 0. The number of piperidine rings is 1. The van der Waals surface area contributed by atoms with Crippen LogP contribution in [0.15, 0.2) is 18.3 Å². The average Bonchev–Trinajstić information content (AvgIpc) is 2.39. The van der Waals surface area contributed by atoms with Crippen molar-refractivity contribution in [3.63, 3.8) is 0 Å². The van der Waals surface area contributed by atoms with Crippen molar-refractivity contribution in [1.82, 2.24) is 9.88 Å². The predicted molar refractivity (Wildman–Crippen MR) is 79.0 cm³/mol. The van der Waals surface area contributed by atoms with Crippen LogP contribution >= 0.6 is 12.2 Å². The minimum absolute atomic E-state index is 0.355. The van der Waals surface area contributed by atoms with Crippen molar-refractivity contribution in [2.75, 3.05) is 32.1 Å².